The number of nitrogens with one attached hydrogen (secondary N) is 2. The normalized spacial score (nSPS) is 12.0. The van der Waals surface area contributed by atoms with Gasteiger partial charge in [-0.1, -0.05) is 23.7 Å². The van der Waals surface area contributed by atoms with Gasteiger partial charge in [0.05, 0.1) is 18.8 Å². The number of carbonyl (C=O) groups excluding carboxylic acids is 1. The molecule has 2 heterocycles. The van der Waals surface area contributed by atoms with Crippen molar-refractivity contribution in [2.75, 3.05) is 6.54 Å². The molecule has 3 aromatic rings. The van der Waals surface area contributed by atoms with Crippen LogP contribution >= 0.6 is 11.6 Å². The average Bonchev–Trinajstić information content (AvgIpc) is 3.27. The van der Waals surface area contributed by atoms with E-state index >= 15 is 0 Å². The number of aromatic amines is 1. The Morgan fingerprint density at radius 1 is 1.25 bits per heavy atom. The summed E-state index contributed by atoms with van der Waals surface area (Å²) in [5.74, 6) is 0.0168. The van der Waals surface area contributed by atoms with E-state index < -0.39 is 0 Å². The summed E-state index contributed by atoms with van der Waals surface area (Å²) >= 11 is 5.97. The molecule has 0 unspecified atom stereocenters. The Hall–Kier alpha value is -2.53. The van der Waals surface area contributed by atoms with E-state index in [-0.39, 0.29) is 11.9 Å². The van der Waals surface area contributed by atoms with Gasteiger partial charge >= 0.3 is 0 Å². The molecule has 0 spiro atoms. The molecule has 6 heteroatoms. The molecule has 5 nitrogen and oxygen atoms in total. The molecule has 124 valence electrons. The number of carbonyl (C=O) groups is 1. The quantitative estimate of drug-likeness (QED) is 0.692. The van der Waals surface area contributed by atoms with E-state index in [9.17, 15) is 4.79 Å². The van der Waals surface area contributed by atoms with Gasteiger partial charge in [0.2, 0.25) is 5.91 Å². The first kappa shape index (κ1) is 16.3. The molecular weight excluding hydrogens is 324 g/mol. The van der Waals surface area contributed by atoms with Gasteiger partial charge in [0.1, 0.15) is 0 Å². The predicted octanol–water partition coefficient (Wildman–Crippen LogP) is 3.20. The minimum absolute atomic E-state index is 0.0168. The first-order chi connectivity index (χ1) is 11.7. The lowest BCUT2D eigenvalue weighted by atomic mass is 10.0. The van der Waals surface area contributed by atoms with E-state index in [1.807, 2.05) is 53.4 Å². The van der Waals surface area contributed by atoms with Crippen LogP contribution in [-0.2, 0) is 11.2 Å². The van der Waals surface area contributed by atoms with Crippen LogP contribution in [0.4, 0.5) is 0 Å². The summed E-state index contributed by atoms with van der Waals surface area (Å²) in [6.45, 7) is 0.583. The molecule has 0 saturated carbocycles. The molecule has 24 heavy (non-hydrogen) atoms. The van der Waals surface area contributed by atoms with E-state index in [0.717, 1.165) is 17.7 Å². The van der Waals surface area contributed by atoms with Crippen LogP contribution < -0.4 is 5.32 Å². The molecule has 0 aliphatic carbocycles. The molecule has 2 aromatic heterocycles. The van der Waals surface area contributed by atoms with Crippen molar-refractivity contribution in [3.8, 4) is 0 Å². The molecule has 0 fully saturated rings. The zero-order valence-corrected chi connectivity index (χ0v) is 13.9. The number of imidazole rings is 1. The van der Waals surface area contributed by atoms with Crippen LogP contribution in [0.3, 0.4) is 0 Å². The molecule has 0 saturated heterocycles. The van der Waals surface area contributed by atoms with Crippen LogP contribution in [0.25, 0.3) is 0 Å². The Bertz CT molecular complexity index is 751. The van der Waals surface area contributed by atoms with Crippen molar-refractivity contribution in [1.82, 2.24) is 19.9 Å². The Labute approximate surface area is 145 Å². The number of hydrogen-bond donors (Lipinski definition) is 2. The van der Waals surface area contributed by atoms with Gasteiger partial charge in [-0.15, -0.1) is 0 Å². The fourth-order valence-electron chi connectivity index (χ4n) is 2.64. The van der Waals surface area contributed by atoms with Crippen LogP contribution in [0.15, 0.2) is 61.3 Å². The number of halogens is 1. The Morgan fingerprint density at radius 3 is 2.67 bits per heavy atom. The number of nitrogens with zero attached hydrogens (tertiary/aromatic N) is 2. The molecule has 3 rings (SSSR count). The monoisotopic (exact) mass is 342 g/mol. The highest BCUT2D eigenvalue weighted by molar-refractivity contribution is 6.30. The summed E-state index contributed by atoms with van der Waals surface area (Å²) in [7, 11) is 0. The summed E-state index contributed by atoms with van der Waals surface area (Å²) in [5, 5.41) is 3.66. The summed E-state index contributed by atoms with van der Waals surface area (Å²) in [4.78, 5) is 19.3. The molecule has 0 bridgehead atoms. The van der Waals surface area contributed by atoms with Crippen molar-refractivity contribution in [3.05, 3.63) is 77.6 Å². The van der Waals surface area contributed by atoms with Crippen LogP contribution in [0.5, 0.6) is 0 Å². The van der Waals surface area contributed by atoms with Crippen molar-refractivity contribution in [1.29, 1.82) is 0 Å². The zero-order valence-electron chi connectivity index (χ0n) is 13.2. The molecule has 1 atom stereocenters. The van der Waals surface area contributed by atoms with Gasteiger partial charge < -0.3 is 14.9 Å². The van der Waals surface area contributed by atoms with Crippen LogP contribution in [-0.4, -0.2) is 27.0 Å². The van der Waals surface area contributed by atoms with Gasteiger partial charge in [0, 0.05) is 42.3 Å². The molecule has 0 aliphatic heterocycles. The lowest BCUT2D eigenvalue weighted by molar-refractivity contribution is -0.121. The van der Waals surface area contributed by atoms with Gasteiger partial charge in [-0.3, -0.25) is 4.79 Å². The summed E-state index contributed by atoms with van der Waals surface area (Å²) in [5.41, 5.74) is 2.06. The van der Waals surface area contributed by atoms with E-state index in [1.54, 1.807) is 12.5 Å². The highest BCUT2D eigenvalue weighted by atomic mass is 35.5. The Morgan fingerprint density at radius 2 is 2.00 bits per heavy atom. The van der Waals surface area contributed by atoms with Crippen molar-refractivity contribution < 1.29 is 4.79 Å². The second kappa shape index (κ2) is 7.84. The highest BCUT2D eigenvalue weighted by Gasteiger charge is 2.17. The summed E-state index contributed by atoms with van der Waals surface area (Å²) in [6.07, 6.45) is 8.46. The summed E-state index contributed by atoms with van der Waals surface area (Å²) in [6, 6.07) is 11.5. The second-order valence-corrected chi connectivity index (χ2v) is 6.01. The maximum atomic E-state index is 12.3. The van der Waals surface area contributed by atoms with Crippen LogP contribution in [0.1, 0.15) is 23.7 Å². The third-order valence-corrected chi connectivity index (χ3v) is 4.14. The van der Waals surface area contributed by atoms with Crippen molar-refractivity contribution in [2.45, 2.75) is 18.9 Å². The summed E-state index contributed by atoms with van der Waals surface area (Å²) < 4.78 is 2.04. The molecule has 0 aliphatic rings. The lowest BCUT2D eigenvalue weighted by Gasteiger charge is -2.19. The maximum Gasteiger partial charge on any atom is 0.222 e. The van der Waals surface area contributed by atoms with Crippen LogP contribution in [0.2, 0.25) is 5.02 Å². The topological polar surface area (TPSA) is 62.7 Å². The largest absolute Gasteiger partial charge is 0.356 e. The third kappa shape index (κ3) is 4.26. The number of hydrogen-bond acceptors (Lipinski definition) is 2. The molecule has 0 radical (unpaired) electrons. The van der Waals surface area contributed by atoms with Crippen molar-refractivity contribution in [3.63, 3.8) is 0 Å². The number of amides is 1. The molecule has 1 aromatic carbocycles. The fraction of sp³-hybridized carbons (Fsp3) is 0.222. The van der Waals surface area contributed by atoms with Crippen molar-refractivity contribution >= 4 is 17.5 Å². The first-order valence-corrected chi connectivity index (χ1v) is 8.22. The van der Waals surface area contributed by atoms with E-state index in [0.29, 0.717) is 18.0 Å². The average molecular weight is 343 g/mol. The minimum atomic E-state index is -0.0515. The third-order valence-electron chi connectivity index (χ3n) is 3.89. The SMILES string of the molecule is O=C(C[C@H](c1ccc(Cl)cc1)n1cccc1)NCCc1cnc[nH]1. The number of aromatic nitrogens is 3. The predicted molar refractivity (Wildman–Crippen MR) is 93.9 cm³/mol. The number of benzene rings is 1. The van der Waals surface area contributed by atoms with Crippen molar-refractivity contribution in [2.24, 2.45) is 0 Å². The van der Waals surface area contributed by atoms with Gasteiger partial charge in [0.25, 0.3) is 0 Å². The molecule has 1 amide bonds. The molecular formula is C18H19ClN4O. The lowest BCUT2D eigenvalue weighted by Crippen LogP contribution is -2.28. The van der Waals surface area contributed by atoms with E-state index in [4.69, 9.17) is 11.6 Å². The van der Waals surface area contributed by atoms with E-state index in [1.165, 1.54) is 0 Å². The first-order valence-electron chi connectivity index (χ1n) is 7.84. The van der Waals surface area contributed by atoms with E-state index in [2.05, 4.69) is 15.3 Å². The number of H-pyrrole nitrogens is 1. The Balaban J connectivity index is 1.63. The van der Waals surface area contributed by atoms with Gasteiger partial charge in [0.15, 0.2) is 0 Å². The standard InChI is InChI=1S/C18H19ClN4O/c19-15-5-3-14(4-6-15)17(23-9-1-2-10-23)11-18(24)21-8-7-16-12-20-13-22-16/h1-6,9-10,12-13,17H,7-8,11H2,(H,20,22)(H,21,24)/t17-/m1/s1. The fourth-order valence-corrected chi connectivity index (χ4v) is 2.77. The molecule has 2 N–H and O–H groups in total. The van der Waals surface area contributed by atoms with Gasteiger partial charge in [-0.05, 0) is 29.8 Å². The zero-order chi connectivity index (χ0) is 16.8. The highest BCUT2D eigenvalue weighted by Crippen LogP contribution is 2.23. The smallest absolute Gasteiger partial charge is 0.222 e. The maximum absolute atomic E-state index is 12.3. The number of rotatable bonds is 7. The second-order valence-electron chi connectivity index (χ2n) is 5.58. The van der Waals surface area contributed by atoms with Crippen LogP contribution in [0, 0.1) is 0 Å². The Kier molecular flexibility index (Phi) is 5.33. The van der Waals surface area contributed by atoms with Gasteiger partial charge in [-0.2, -0.15) is 0 Å². The van der Waals surface area contributed by atoms with Gasteiger partial charge in [-0.25, -0.2) is 4.98 Å². The minimum Gasteiger partial charge on any atom is -0.356 e.